The smallest absolute Gasteiger partial charge is 0.226 e. The molecule has 0 N–H and O–H groups in total. The third-order valence-electron chi connectivity index (χ3n) is 7.46. The van der Waals surface area contributed by atoms with Crippen molar-refractivity contribution in [2.75, 3.05) is 0 Å². The second kappa shape index (κ2) is 7.46. The van der Waals surface area contributed by atoms with Crippen LogP contribution in [-0.2, 0) is 16.6 Å². The summed E-state index contributed by atoms with van der Waals surface area (Å²) in [5.74, 6) is 1.04. The van der Waals surface area contributed by atoms with Crippen molar-refractivity contribution in [3.8, 4) is 22.8 Å². The van der Waals surface area contributed by atoms with Gasteiger partial charge >= 0.3 is 0 Å². The average Bonchev–Trinajstić information content (AvgIpc) is 3.40. The fourth-order valence-corrected chi connectivity index (χ4v) is 5.77. The molecule has 6 rings (SSSR count). The van der Waals surface area contributed by atoms with Crippen molar-refractivity contribution < 1.29 is 9.21 Å². The van der Waals surface area contributed by atoms with E-state index in [9.17, 15) is 4.79 Å². The molecular weight excluding hydrogens is 424 g/mol. The number of furan rings is 1. The summed E-state index contributed by atoms with van der Waals surface area (Å²) < 4.78 is 5.79. The fourth-order valence-electron chi connectivity index (χ4n) is 5.77. The van der Waals surface area contributed by atoms with Gasteiger partial charge in [0.05, 0.1) is 24.0 Å². The maximum atomic E-state index is 12.8. The molecule has 0 aliphatic heterocycles. The number of hydrogen-bond acceptors (Lipinski definition) is 5. The van der Waals surface area contributed by atoms with Gasteiger partial charge in [-0.05, 0) is 43.0 Å². The lowest BCUT2D eigenvalue weighted by molar-refractivity contribution is -0.121. The number of aromatic nitrogens is 3. The number of Topliss-reactive ketones (excluding diaryl/α,β-unsaturated/α-hetero) is 1. The van der Waals surface area contributed by atoms with Crippen molar-refractivity contribution in [1.29, 1.82) is 0 Å². The van der Waals surface area contributed by atoms with Crippen molar-refractivity contribution in [3.63, 3.8) is 0 Å². The lowest BCUT2D eigenvalue weighted by Gasteiger charge is -2.46. The van der Waals surface area contributed by atoms with Gasteiger partial charge in [0.2, 0.25) is 5.70 Å². The van der Waals surface area contributed by atoms with E-state index in [0.717, 1.165) is 46.3 Å². The van der Waals surface area contributed by atoms with E-state index in [0.29, 0.717) is 11.6 Å². The number of nitrogens with zero attached hydrogens (tertiary/aromatic N) is 4. The molecule has 0 unspecified atom stereocenters. The zero-order chi connectivity index (χ0) is 23.4. The molecule has 6 nitrogen and oxygen atoms in total. The van der Waals surface area contributed by atoms with Gasteiger partial charge in [0.1, 0.15) is 5.69 Å². The van der Waals surface area contributed by atoms with Gasteiger partial charge in [-0.1, -0.05) is 38.1 Å². The molecule has 2 aliphatic carbocycles. The highest BCUT2D eigenvalue weighted by Gasteiger charge is 2.49. The van der Waals surface area contributed by atoms with Crippen LogP contribution in [0.15, 0.2) is 71.1 Å². The Kier molecular flexibility index (Phi) is 4.50. The topological polar surface area (TPSA) is 73.2 Å². The highest BCUT2D eigenvalue weighted by molar-refractivity contribution is 6.00. The van der Waals surface area contributed by atoms with Crippen LogP contribution in [0.3, 0.4) is 0 Å². The van der Waals surface area contributed by atoms with Crippen LogP contribution in [0.25, 0.3) is 38.6 Å². The summed E-state index contributed by atoms with van der Waals surface area (Å²) in [6.07, 6.45) is 6.85. The van der Waals surface area contributed by atoms with Gasteiger partial charge in [-0.25, -0.2) is 14.8 Å². The number of benzene rings is 1. The van der Waals surface area contributed by atoms with Gasteiger partial charge in [-0.3, -0.25) is 4.98 Å². The van der Waals surface area contributed by atoms with Gasteiger partial charge in [0, 0.05) is 34.0 Å². The first kappa shape index (κ1) is 20.5. The second-order valence-corrected chi connectivity index (χ2v) is 9.30. The monoisotopic (exact) mass is 446 g/mol. The highest BCUT2D eigenvalue weighted by Crippen LogP contribution is 2.51. The number of carbonyl (C=O) groups is 1. The minimum Gasteiger partial charge on any atom is -0.463 e. The fraction of sp³-hybridized carbons (Fsp3) is 0.250. The molecule has 3 aromatic heterocycles. The Bertz CT molecular complexity index is 1520. The molecule has 1 aromatic carbocycles. The van der Waals surface area contributed by atoms with Crippen molar-refractivity contribution in [2.24, 2.45) is 11.8 Å². The van der Waals surface area contributed by atoms with Crippen molar-refractivity contribution >= 4 is 16.7 Å². The number of fused-ring (bicyclic) bond motifs is 4. The number of hydrogen-bond donors (Lipinski definition) is 0. The first-order valence-electron chi connectivity index (χ1n) is 11.4. The van der Waals surface area contributed by atoms with Gasteiger partial charge in [0.15, 0.2) is 17.4 Å². The summed E-state index contributed by atoms with van der Waals surface area (Å²) in [6, 6.07) is 13.7. The minimum atomic E-state index is -0.553. The number of ketones is 1. The molecule has 4 aromatic rings. The maximum Gasteiger partial charge on any atom is 0.226 e. The maximum absolute atomic E-state index is 12.8. The largest absolute Gasteiger partial charge is 0.463 e. The normalized spacial score (nSPS) is 23.7. The van der Waals surface area contributed by atoms with Gasteiger partial charge in [-0.2, -0.15) is 0 Å². The first-order valence-corrected chi connectivity index (χ1v) is 11.4. The molecular formula is C28H22N4O2. The van der Waals surface area contributed by atoms with E-state index >= 15 is 0 Å². The van der Waals surface area contributed by atoms with E-state index in [4.69, 9.17) is 21.0 Å². The number of para-hydroxylation sites is 1. The molecule has 0 radical (unpaired) electrons. The van der Waals surface area contributed by atoms with Gasteiger partial charge in [-0.15, -0.1) is 0 Å². The van der Waals surface area contributed by atoms with Gasteiger partial charge < -0.3 is 9.21 Å². The Morgan fingerprint density at radius 1 is 1.15 bits per heavy atom. The lowest BCUT2D eigenvalue weighted by Crippen LogP contribution is -2.46. The predicted molar refractivity (Wildman–Crippen MR) is 128 cm³/mol. The van der Waals surface area contributed by atoms with Crippen LogP contribution in [0.1, 0.15) is 31.5 Å². The summed E-state index contributed by atoms with van der Waals surface area (Å²) in [6.45, 7) is 11.7. The zero-order valence-electron chi connectivity index (χ0n) is 18.9. The summed E-state index contributed by atoms with van der Waals surface area (Å²) >= 11 is 0. The molecule has 0 saturated heterocycles. The SMILES string of the molecule is [C-]#[N+]C1=C[C@@]2(C)c3nc(-c4ccnc5ccccc45)nc(-c4ccco4)c3CC[C@@H]2[C@@H](C)C1=O. The molecule has 6 heteroatoms. The van der Waals surface area contributed by atoms with Gasteiger partial charge in [0.25, 0.3) is 0 Å². The van der Waals surface area contributed by atoms with Crippen LogP contribution in [0.5, 0.6) is 0 Å². The summed E-state index contributed by atoms with van der Waals surface area (Å²) in [7, 11) is 0. The molecule has 34 heavy (non-hydrogen) atoms. The Morgan fingerprint density at radius 3 is 2.79 bits per heavy atom. The molecule has 3 atom stereocenters. The Morgan fingerprint density at radius 2 is 2.00 bits per heavy atom. The molecule has 0 bridgehead atoms. The van der Waals surface area contributed by atoms with Crippen LogP contribution in [0, 0.1) is 18.4 Å². The van der Waals surface area contributed by atoms with E-state index < -0.39 is 5.41 Å². The van der Waals surface area contributed by atoms with Crippen LogP contribution >= 0.6 is 0 Å². The molecule has 2 aliphatic rings. The van der Waals surface area contributed by atoms with E-state index in [-0.39, 0.29) is 23.3 Å². The highest BCUT2D eigenvalue weighted by atomic mass is 16.3. The standard InChI is InChI=1S/C28H22N4O2/c1-16-20-11-10-19-24(23-9-6-14-34-23)31-27(18-12-13-30-21-8-5-4-7-17(18)21)32-26(19)28(20,2)15-22(29-3)25(16)33/h4-9,12-16,20H,10-11H2,1-2H3/t16-,20-,28-/m1/s1. The van der Waals surface area contributed by atoms with E-state index in [2.05, 4.69) is 16.8 Å². The molecule has 0 saturated carbocycles. The lowest BCUT2D eigenvalue weighted by atomic mass is 9.58. The number of allylic oxidation sites excluding steroid dienone is 2. The number of carbonyl (C=O) groups excluding carboxylic acids is 1. The molecule has 0 amide bonds. The van der Waals surface area contributed by atoms with E-state index in [1.165, 1.54) is 0 Å². The second-order valence-electron chi connectivity index (χ2n) is 9.30. The molecule has 0 fully saturated rings. The number of pyridine rings is 1. The first-order chi connectivity index (χ1) is 16.5. The van der Waals surface area contributed by atoms with Crippen LogP contribution in [0.4, 0.5) is 0 Å². The Labute approximate surface area is 197 Å². The Hall–Kier alpha value is -4.11. The molecule has 3 heterocycles. The predicted octanol–water partition coefficient (Wildman–Crippen LogP) is 5.79. The van der Waals surface area contributed by atoms with Crippen LogP contribution in [0.2, 0.25) is 0 Å². The minimum absolute atomic E-state index is 0.0680. The average molecular weight is 447 g/mol. The van der Waals surface area contributed by atoms with E-state index in [1.54, 1.807) is 12.5 Å². The zero-order valence-corrected chi connectivity index (χ0v) is 18.9. The van der Waals surface area contributed by atoms with E-state index in [1.807, 2.05) is 55.5 Å². The van der Waals surface area contributed by atoms with Crippen molar-refractivity contribution in [2.45, 2.75) is 32.1 Å². The third-order valence-corrected chi connectivity index (χ3v) is 7.46. The quantitative estimate of drug-likeness (QED) is 0.364. The molecule has 0 spiro atoms. The summed E-state index contributed by atoms with van der Waals surface area (Å²) in [5, 5.41) is 0.970. The third kappa shape index (κ3) is 2.87. The molecule has 166 valence electrons. The van der Waals surface area contributed by atoms with Crippen LogP contribution < -0.4 is 0 Å². The Balaban J connectivity index is 1.67. The number of rotatable bonds is 2. The van der Waals surface area contributed by atoms with Crippen molar-refractivity contribution in [1.82, 2.24) is 15.0 Å². The van der Waals surface area contributed by atoms with Crippen LogP contribution in [-0.4, -0.2) is 20.7 Å². The summed E-state index contributed by atoms with van der Waals surface area (Å²) in [5.41, 5.74) is 4.08. The van der Waals surface area contributed by atoms with Crippen molar-refractivity contribution in [3.05, 3.63) is 89.4 Å². The summed E-state index contributed by atoms with van der Waals surface area (Å²) in [4.78, 5) is 31.0.